The van der Waals surface area contributed by atoms with Gasteiger partial charge in [0.1, 0.15) is 11.5 Å². The molecular formula is C26H30N2O8. The van der Waals surface area contributed by atoms with Crippen LogP contribution in [0, 0.1) is 5.92 Å². The molecule has 192 valence electrons. The van der Waals surface area contributed by atoms with E-state index in [0.29, 0.717) is 35.0 Å². The van der Waals surface area contributed by atoms with Crippen molar-refractivity contribution in [3.05, 3.63) is 48.0 Å². The monoisotopic (exact) mass is 498 g/mol. The molecule has 1 aliphatic rings. The van der Waals surface area contributed by atoms with E-state index in [1.165, 1.54) is 19.1 Å². The molecule has 2 amide bonds. The SMILES string of the molecule is CCCCOC(=O)c1ccc(N2C[C@@H](C(=O)OCC(=O)Nc3cc(OC)ccc3OC)CC2=O)cc1. The Hall–Kier alpha value is -4.08. The van der Waals surface area contributed by atoms with Crippen molar-refractivity contribution in [1.82, 2.24) is 0 Å². The summed E-state index contributed by atoms with van der Waals surface area (Å²) in [6, 6.07) is 11.3. The van der Waals surface area contributed by atoms with Crippen LogP contribution < -0.4 is 19.7 Å². The highest BCUT2D eigenvalue weighted by Crippen LogP contribution is 2.29. The lowest BCUT2D eigenvalue weighted by atomic mass is 10.1. The van der Waals surface area contributed by atoms with Crippen LogP contribution in [-0.2, 0) is 23.9 Å². The molecule has 1 fully saturated rings. The van der Waals surface area contributed by atoms with Crippen LogP contribution in [0.3, 0.4) is 0 Å². The maximum Gasteiger partial charge on any atom is 0.338 e. The number of nitrogens with zero attached hydrogens (tertiary/aromatic N) is 1. The molecule has 0 aromatic heterocycles. The molecule has 2 aromatic rings. The van der Waals surface area contributed by atoms with Gasteiger partial charge in [0, 0.05) is 24.7 Å². The summed E-state index contributed by atoms with van der Waals surface area (Å²) in [6.45, 7) is 1.96. The van der Waals surface area contributed by atoms with Crippen LogP contribution in [0.4, 0.5) is 11.4 Å². The van der Waals surface area contributed by atoms with Crippen LogP contribution in [0.2, 0.25) is 0 Å². The molecule has 1 N–H and O–H groups in total. The smallest absolute Gasteiger partial charge is 0.338 e. The van der Waals surface area contributed by atoms with Crippen molar-refractivity contribution in [2.45, 2.75) is 26.2 Å². The molecule has 3 rings (SSSR count). The minimum atomic E-state index is -0.713. The Morgan fingerprint density at radius 1 is 1.03 bits per heavy atom. The van der Waals surface area contributed by atoms with Gasteiger partial charge >= 0.3 is 11.9 Å². The summed E-state index contributed by atoms with van der Waals surface area (Å²) in [5, 5.41) is 2.62. The number of unbranched alkanes of at least 4 members (excludes halogenated alkanes) is 1. The minimum absolute atomic E-state index is 0.0367. The van der Waals surface area contributed by atoms with Gasteiger partial charge in [0.05, 0.1) is 38.0 Å². The number of methoxy groups -OCH3 is 2. The Morgan fingerprint density at radius 2 is 1.78 bits per heavy atom. The number of ether oxygens (including phenoxy) is 4. The number of amides is 2. The fourth-order valence-electron chi connectivity index (χ4n) is 3.64. The molecule has 1 aliphatic heterocycles. The molecule has 0 spiro atoms. The van der Waals surface area contributed by atoms with E-state index in [0.717, 1.165) is 12.8 Å². The third-order valence-corrected chi connectivity index (χ3v) is 5.63. The number of anilines is 2. The van der Waals surface area contributed by atoms with E-state index in [4.69, 9.17) is 18.9 Å². The van der Waals surface area contributed by atoms with Crippen LogP contribution >= 0.6 is 0 Å². The second-order valence-corrected chi connectivity index (χ2v) is 8.16. The molecule has 0 unspecified atom stereocenters. The van der Waals surface area contributed by atoms with Gasteiger partial charge in [0.25, 0.3) is 5.91 Å². The zero-order valence-corrected chi connectivity index (χ0v) is 20.6. The third-order valence-electron chi connectivity index (χ3n) is 5.63. The first-order valence-electron chi connectivity index (χ1n) is 11.6. The van der Waals surface area contributed by atoms with Gasteiger partial charge in [-0.15, -0.1) is 0 Å². The predicted molar refractivity (Wildman–Crippen MR) is 131 cm³/mol. The molecule has 1 saturated heterocycles. The molecule has 2 aromatic carbocycles. The molecule has 0 saturated carbocycles. The summed E-state index contributed by atoms with van der Waals surface area (Å²) in [6.07, 6.45) is 1.68. The van der Waals surface area contributed by atoms with Crippen molar-refractivity contribution >= 4 is 35.1 Å². The van der Waals surface area contributed by atoms with Crippen LogP contribution in [0.5, 0.6) is 11.5 Å². The van der Waals surface area contributed by atoms with Gasteiger partial charge in [-0.25, -0.2) is 4.79 Å². The van der Waals surface area contributed by atoms with Crippen molar-refractivity contribution < 1.29 is 38.1 Å². The highest BCUT2D eigenvalue weighted by Gasteiger charge is 2.36. The Bertz CT molecular complexity index is 1100. The molecular weight excluding hydrogens is 468 g/mol. The molecule has 0 bridgehead atoms. The zero-order chi connectivity index (χ0) is 26.1. The molecule has 10 heteroatoms. The van der Waals surface area contributed by atoms with E-state index in [1.54, 1.807) is 42.5 Å². The first-order valence-corrected chi connectivity index (χ1v) is 11.6. The number of benzene rings is 2. The highest BCUT2D eigenvalue weighted by atomic mass is 16.5. The Balaban J connectivity index is 1.52. The average Bonchev–Trinajstić information content (AvgIpc) is 3.29. The fourth-order valence-corrected chi connectivity index (χ4v) is 3.64. The van der Waals surface area contributed by atoms with Gasteiger partial charge in [0.15, 0.2) is 6.61 Å². The van der Waals surface area contributed by atoms with E-state index >= 15 is 0 Å². The van der Waals surface area contributed by atoms with E-state index in [9.17, 15) is 19.2 Å². The number of carbonyl (C=O) groups excluding carboxylic acids is 4. The first kappa shape index (κ1) is 26.5. The average molecular weight is 499 g/mol. The van der Waals surface area contributed by atoms with Gasteiger partial charge < -0.3 is 29.2 Å². The molecule has 0 radical (unpaired) electrons. The molecule has 36 heavy (non-hydrogen) atoms. The summed E-state index contributed by atoms with van der Waals surface area (Å²) in [4.78, 5) is 50.9. The summed E-state index contributed by atoms with van der Waals surface area (Å²) in [5.41, 5.74) is 1.32. The highest BCUT2D eigenvalue weighted by molar-refractivity contribution is 6.00. The first-order chi connectivity index (χ1) is 17.4. The maximum atomic E-state index is 12.5. The normalized spacial score (nSPS) is 14.8. The maximum absolute atomic E-state index is 12.5. The number of nitrogens with one attached hydrogen (secondary N) is 1. The van der Waals surface area contributed by atoms with Crippen molar-refractivity contribution in [2.24, 2.45) is 5.92 Å². The van der Waals surface area contributed by atoms with Crippen molar-refractivity contribution in [3.8, 4) is 11.5 Å². The van der Waals surface area contributed by atoms with Crippen molar-refractivity contribution in [2.75, 3.05) is 44.2 Å². The van der Waals surface area contributed by atoms with E-state index < -0.39 is 30.4 Å². The lowest BCUT2D eigenvalue weighted by Crippen LogP contribution is -2.28. The Labute approximate surface area is 209 Å². The van der Waals surface area contributed by atoms with E-state index in [1.807, 2.05) is 6.92 Å². The summed E-state index contributed by atoms with van der Waals surface area (Å²) < 4.78 is 20.7. The molecule has 1 heterocycles. The largest absolute Gasteiger partial charge is 0.497 e. The van der Waals surface area contributed by atoms with Gasteiger partial charge in [-0.3, -0.25) is 14.4 Å². The van der Waals surface area contributed by atoms with Gasteiger partial charge in [-0.2, -0.15) is 0 Å². The zero-order valence-electron chi connectivity index (χ0n) is 20.6. The second-order valence-electron chi connectivity index (χ2n) is 8.16. The number of carbonyl (C=O) groups is 4. The van der Waals surface area contributed by atoms with Gasteiger partial charge in [-0.05, 0) is 42.8 Å². The van der Waals surface area contributed by atoms with Gasteiger partial charge in [0.2, 0.25) is 5.91 Å². The van der Waals surface area contributed by atoms with Gasteiger partial charge in [-0.1, -0.05) is 13.3 Å². The lowest BCUT2D eigenvalue weighted by Gasteiger charge is -2.17. The summed E-state index contributed by atoms with van der Waals surface area (Å²) in [5.74, 6) is -1.64. The fraction of sp³-hybridized carbons (Fsp3) is 0.385. The van der Waals surface area contributed by atoms with E-state index in [-0.39, 0.29) is 18.9 Å². The van der Waals surface area contributed by atoms with Crippen molar-refractivity contribution in [3.63, 3.8) is 0 Å². The number of hydrogen-bond acceptors (Lipinski definition) is 8. The van der Waals surface area contributed by atoms with Crippen LogP contribution in [0.25, 0.3) is 0 Å². The quantitative estimate of drug-likeness (QED) is 0.370. The van der Waals surface area contributed by atoms with Crippen LogP contribution in [0.15, 0.2) is 42.5 Å². The van der Waals surface area contributed by atoms with E-state index in [2.05, 4.69) is 5.32 Å². The summed E-state index contributed by atoms with van der Waals surface area (Å²) in [7, 11) is 2.96. The number of hydrogen-bond donors (Lipinski definition) is 1. The summed E-state index contributed by atoms with van der Waals surface area (Å²) >= 11 is 0. The lowest BCUT2D eigenvalue weighted by molar-refractivity contribution is -0.151. The number of rotatable bonds is 11. The third kappa shape index (κ3) is 6.74. The Kier molecular flexibility index (Phi) is 9.26. The minimum Gasteiger partial charge on any atom is -0.497 e. The standard InChI is InChI=1S/C26H30N2O8/c1-4-5-12-35-25(31)17-6-8-19(9-7-17)28-15-18(13-24(28)30)26(32)36-16-23(29)27-21-14-20(33-2)10-11-22(21)34-3/h6-11,14,18H,4-5,12-13,15-16H2,1-3H3,(H,27,29)/t18-/m0/s1. The predicted octanol–water partition coefficient (Wildman–Crippen LogP) is 3.20. The molecule has 1 atom stereocenters. The number of esters is 2. The topological polar surface area (TPSA) is 120 Å². The van der Waals surface area contributed by atoms with Crippen molar-refractivity contribution in [1.29, 1.82) is 0 Å². The second kappa shape index (κ2) is 12.6. The van der Waals surface area contributed by atoms with Crippen LogP contribution in [0.1, 0.15) is 36.5 Å². The molecule has 0 aliphatic carbocycles. The molecule has 10 nitrogen and oxygen atoms in total. The Morgan fingerprint density at radius 3 is 2.44 bits per heavy atom. The van der Waals surface area contributed by atoms with Crippen LogP contribution in [-0.4, -0.2) is 57.7 Å².